The Bertz CT molecular complexity index is 1160. The van der Waals surface area contributed by atoms with Gasteiger partial charge in [0.2, 0.25) is 17.7 Å². The van der Waals surface area contributed by atoms with Crippen LogP contribution in [0.2, 0.25) is 0 Å². The van der Waals surface area contributed by atoms with Crippen molar-refractivity contribution in [2.45, 2.75) is 24.1 Å². The first kappa shape index (κ1) is 22.0. The van der Waals surface area contributed by atoms with Gasteiger partial charge in [0.05, 0.1) is 17.9 Å². The van der Waals surface area contributed by atoms with Gasteiger partial charge in [-0.05, 0) is 36.2 Å². The Morgan fingerprint density at radius 2 is 1.88 bits per heavy atom. The Balaban J connectivity index is 1.28. The van der Waals surface area contributed by atoms with Crippen LogP contribution in [0.1, 0.15) is 18.2 Å². The summed E-state index contributed by atoms with van der Waals surface area (Å²) in [5, 5.41) is 7.37. The molecule has 1 aliphatic rings. The first-order valence-electron chi connectivity index (χ1n) is 10.1. The Morgan fingerprint density at radius 1 is 1.09 bits per heavy atom. The van der Waals surface area contributed by atoms with Crippen molar-refractivity contribution in [2.75, 3.05) is 27.8 Å². The van der Waals surface area contributed by atoms with Gasteiger partial charge in [0, 0.05) is 35.9 Å². The number of nitrogens with one attached hydrogen (secondary N) is 2. The van der Waals surface area contributed by atoms with Crippen molar-refractivity contribution < 1.29 is 14.4 Å². The Labute approximate surface area is 194 Å². The van der Waals surface area contributed by atoms with Crippen LogP contribution in [0.15, 0.2) is 58.3 Å². The van der Waals surface area contributed by atoms with Gasteiger partial charge in [-0.2, -0.15) is 0 Å². The molecule has 0 bridgehead atoms. The molecule has 0 fully saturated rings. The zero-order valence-corrected chi connectivity index (χ0v) is 19.1. The van der Waals surface area contributed by atoms with E-state index in [0.717, 1.165) is 22.1 Å². The fraction of sp³-hybridized carbons (Fsp3) is 0.217. The molecule has 2 aromatic carbocycles. The number of thiazole rings is 1. The molecule has 0 saturated heterocycles. The number of fused-ring (bicyclic) bond motifs is 1. The van der Waals surface area contributed by atoms with Crippen LogP contribution in [0.4, 0.5) is 17.1 Å². The van der Waals surface area contributed by atoms with Crippen LogP contribution in [0.5, 0.6) is 0 Å². The molecule has 1 aliphatic heterocycles. The number of para-hydroxylation sites is 1. The fourth-order valence-corrected chi connectivity index (χ4v) is 5.13. The van der Waals surface area contributed by atoms with E-state index >= 15 is 0 Å². The molecule has 32 heavy (non-hydrogen) atoms. The number of hydrogen-bond acceptors (Lipinski definition) is 6. The molecule has 2 heterocycles. The standard InChI is InChI=1S/C23H22N4O3S2/c1-15(28)24-17-6-4-7-18(11-17)25-21(29)14-32-23-26-19(13-31-23)12-22(30)27-10-9-16-5-2-3-8-20(16)27/h2-8,11,13H,9-10,12,14H2,1H3,(H,24,28)(H,25,29). The van der Waals surface area contributed by atoms with Gasteiger partial charge in [0.1, 0.15) is 0 Å². The van der Waals surface area contributed by atoms with Crippen molar-refractivity contribution >= 4 is 57.9 Å². The highest BCUT2D eigenvalue weighted by Gasteiger charge is 2.24. The van der Waals surface area contributed by atoms with Gasteiger partial charge < -0.3 is 15.5 Å². The van der Waals surface area contributed by atoms with Gasteiger partial charge in [-0.15, -0.1) is 11.3 Å². The minimum atomic E-state index is -0.170. The predicted octanol–water partition coefficient (Wildman–Crippen LogP) is 3.96. The SMILES string of the molecule is CC(=O)Nc1cccc(NC(=O)CSc2nc(CC(=O)N3CCc4ccccc43)cs2)c1. The van der Waals surface area contributed by atoms with E-state index in [0.29, 0.717) is 17.9 Å². The number of carbonyl (C=O) groups is 3. The molecule has 0 atom stereocenters. The van der Waals surface area contributed by atoms with Gasteiger partial charge in [-0.1, -0.05) is 36.0 Å². The largest absolute Gasteiger partial charge is 0.326 e. The average Bonchev–Trinajstić information content (AvgIpc) is 3.39. The first-order valence-corrected chi connectivity index (χ1v) is 12.0. The van der Waals surface area contributed by atoms with E-state index in [4.69, 9.17) is 0 Å². The second-order valence-electron chi connectivity index (χ2n) is 7.30. The second-order valence-corrected chi connectivity index (χ2v) is 9.39. The van der Waals surface area contributed by atoms with Crippen molar-refractivity contribution in [2.24, 2.45) is 0 Å². The molecule has 164 valence electrons. The molecule has 7 nitrogen and oxygen atoms in total. The highest BCUT2D eigenvalue weighted by atomic mass is 32.2. The summed E-state index contributed by atoms with van der Waals surface area (Å²) in [6.07, 6.45) is 1.12. The lowest BCUT2D eigenvalue weighted by molar-refractivity contribution is -0.118. The van der Waals surface area contributed by atoms with Crippen molar-refractivity contribution in [1.29, 1.82) is 0 Å². The van der Waals surface area contributed by atoms with Gasteiger partial charge in [0.25, 0.3) is 0 Å². The summed E-state index contributed by atoms with van der Waals surface area (Å²) >= 11 is 2.76. The molecular formula is C23H22N4O3S2. The van der Waals surface area contributed by atoms with E-state index in [2.05, 4.69) is 21.7 Å². The van der Waals surface area contributed by atoms with Crippen LogP contribution in [-0.4, -0.2) is 35.0 Å². The minimum Gasteiger partial charge on any atom is -0.326 e. The topological polar surface area (TPSA) is 91.4 Å². The number of benzene rings is 2. The molecule has 0 aliphatic carbocycles. The second kappa shape index (κ2) is 9.97. The minimum absolute atomic E-state index is 0.0357. The third-order valence-corrected chi connectivity index (χ3v) is 6.91. The van der Waals surface area contributed by atoms with Crippen LogP contribution in [-0.2, 0) is 27.2 Å². The van der Waals surface area contributed by atoms with Crippen LogP contribution >= 0.6 is 23.1 Å². The smallest absolute Gasteiger partial charge is 0.234 e. The van der Waals surface area contributed by atoms with Gasteiger partial charge in [-0.25, -0.2) is 4.98 Å². The van der Waals surface area contributed by atoms with Crippen LogP contribution in [0.25, 0.3) is 0 Å². The lowest BCUT2D eigenvalue weighted by Crippen LogP contribution is -2.30. The monoisotopic (exact) mass is 466 g/mol. The zero-order chi connectivity index (χ0) is 22.5. The summed E-state index contributed by atoms with van der Waals surface area (Å²) in [6, 6.07) is 15.0. The fourth-order valence-electron chi connectivity index (χ4n) is 3.49. The third-order valence-electron chi connectivity index (χ3n) is 4.84. The summed E-state index contributed by atoms with van der Waals surface area (Å²) in [7, 11) is 0. The van der Waals surface area contributed by atoms with E-state index in [9.17, 15) is 14.4 Å². The predicted molar refractivity (Wildman–Crippen MR) is 128 cm³/mol. The molecule has 0 radical (unpaired) electrons. The Morgan fingerprint density at radius 3 is 2.69 bits per heavy atom. The van der Waals surface area contributed by atoms with Crippen LogP contribution < -0.4 is 15.5 Å². The number of aromatic nitrogens is 1. The molecule has 0 spiro atoms. The normalized spacial score (nSPS) is 12.3. The summed E-state index contributed by atoms with van der Waals surface area (Å²) in [4.78, 5) is 42.5. The molecule has 1 aromatic heterocycles. The van der Waals surface area contributed by atoms with E-state index in [-0.39, 0.29) is 29.9 Å². The maximum atomic E-state index is 12.7. The number of thioether (sulfide) groups is 1. The lowest BCUT2D eigenvalue weighted by atomic mass is 10.2. The number of rotatable bonds is 7. The molecule has 4 rings (SSSR count). The number of carbonyl (C=O) groups excluding carboxylic acids is 3. The Kier molecular flexibility index (Phi) is 6.87. The average molecular weight is 467 g/mol. The first-order chi connectivity index (χ1) is 15.5. The van der Waals surface area contributed by atoms with Gasteiger partial charge in [0.15, 0.2) is 4.34 Å². The number of amides is 3. The van der Waals surface area contributed by atoms with Crippen LogP contribution in [0, 0.1) is 0 Å². The number of nitrogens with zero attached hydrogens (tertiary/aromatic N) is 2. The van der Waals surface area contributed by atoms with E-state index in [1.807, 2.05) is 28.5 Å². The summed E-state index contributed by atoms with van der Waals surface area (Å²) in [5.74, 6) is -0.105. The van der Waals surface area contributed by atoms with Crippen molar-refractivity contribution in [1.82, 2.24) is 4.98 Å². The molecule has 9 heteroatoms. The van der Waals surface area contributed by atoms with E-state index < -0.39 is 0 Å². The molecule has 0 unspecified atom stereocenters. The summed E-state index contributed by atoms with van der Waals surface area (Å²) in [5.41, 5.74) is 4.14. The van der Waals surface area contributed by atoms with Crippen LogP contribution in [0.3, 0.4) is 0 Å². The van der Waals surface area contributed by atoms with Gasteiger partial charge >= 0.3 is 0 Å². The molecule has 0 saturated carbocycles. The van der Waals surface area contributed by atoms with E-state index in [1.54, 1.807) is 24.3 Å². The highest BCUT2D eigenvalue weighted by molar-refractivity contribution is 8.01. The maximum Gasteiger partial charge on any atom is 0.234 e. The van der Waals surface area contributed by atoms with Crippen molar-refractivity contribution in [3.8, 4) is 0 Å². The Hall–Kier alpha value is -3.17. The third kappa shape index (κ3) is 5.54. The van der Waals surface area contributed by atoms with Crippen molar-refractivity contribution in [3.63, 3.8) is 0 Å². The molecule has 2 N–H and O–H groups in total. The van der Waals surface area contributed by atoms with Crippen molar-refractivity contribution in [3.05, 3.63) is 65.2 Å². The zero-order valence-electron chi connectivity index (χ0n) is 17.5. The quantitative estimate of drug-likeness (QED) is 0.514. The molecule has 3 amide bonds. The lowest BCUT2D eigenvalue weighted by Gasteiger charge is -2.16. The number of hydrogen-bond donors (Lipinski definition) is 2. The summed E-state index contributed by atoms with van der Waals surface area (Å²) < 4.78 is 0.747. The van der Waals surface area contributed by atoms with Gasteiger partial charge in [-0.3, -0.25) is 14.4 Å². The summed E-state index contributed by atoms with van der Waals surface area (Å²) in [6.45, 7) is 2.13. The highest BCUT2D eigenvalue weighted by Crippen LogP contribution is 2.29. The maximum absolute atomic E-state index is 12.7. The molecule has 3 aromatic rings. The van der Waals surface area contributed by atoms with E-state index in [1.165, 1.54) is 35.6 Å². The molecular weight excluding hydrogens is 444 g/mol. The number of anilines is 3.